The molecule has 1 aliphatic carbocycles. The van der Waals surface area contributed by atoms with Gasteiger partial charge in [-0.25, -0.2) is 0 Å². The number of ether oxygens (including phenoxy) is 1. The number of rotatable bonds is 2. The Hall–Kier alpha value is -2.69. The molecule has 0 amide bonds. The Labute approximate surface area is 127 Å². The van der Waals surface area contributed by atoms with Gasteiger partial charge in [-0.2, -0.15) is 0 Å². The van der Waals surface area contributed by atoms with E-state index in [9.17, 15) is 9.59 Å². The van der Waals surface area contributed by atoms with E-state index in [-0.39, 0.29) is 22.9 Å². The first-order valence-corrected chi connectivity index (χ1v) is 6.86. The van der Waals surface area contributed by atoms with E-state index < -0.39 is 5.78 Å². The van der Waals surface area contributed by atoms with Gasteiger partial charge in [0, 0.05) is 11.6 Å². The van der Waals surface area contributed by atoms with Crippen molar-refractivity contribution in [3.63, 3.8) is 0 Å². The summed E-state index contributed by atoms with van der Waals surface area (Å²) >= 11 is 0. The van der Waals surface area contributed by atoms with E-state index in [4.69, 9.17) is 9.26 Å². The molecule has 2 aromatic rings. The number of fused-ring (bicyclic) bond motifs is 1. The Kier molecular flexibility index (Phi) is 3.20. The molecule has 112 valence electrons. The highest BCUT2D eigenvalue weighted by atomic mass is 16.5. The lowest BCUT2D eigenvalue weighted by Crippen LogP contribution is -2.17. The highest BCUT2D eigenvalue weighted by Crippen LogP contribution is 2.35. The molecule has 0 saturated carbocycles. The van der Waals surface area contributed by atoms with Gasteiger partial charge in [-0.05, 0) is 31.9 Å². The number of ketones is 2. The lowest BCUT2D eigenvalue weighted by Gasteiger charge is -2.12. The molecular formula is C17H15NO4. The molecule has 22 heavy (non-hydrogen) atoms. The van der Waals surface area contributed by atoms with Crippen LogP contribution in [0.25, 0.3) is 11.3 Å². The largest absolute Gasteiger partial charge is 0.492 e. The van der Waals surface area contributed by atoms with Crippen molar-refractivity contribution >= 4 is 11.6 Å². The van der Waals surface area contributed by atoms with Crippen LogP contribution in [-0.4, -0.2) is 23.8 Å². The summed E-state index contributed by atoms with van der Waals surface area (Å²) < 4.78 is 10.1. The van der Waals surface area contributed by atoms with Gasteiger partial charge in [-0.3, -0.25) is 9.59 Å². The minimum atomic E-state index is -0.410. The maximum Gasteiger partial charge on any atom is 0.234 e. The molecule has 5 nitrogen and oxygen atoms in total. The fourth-order valence-corrected chi connectivity index (χ4v) is 2.92. The Morgan fingerprint density at radius 1 is 1.05 bits per heavy atom. The molecule has 0 aliphatic heterocycles. The SMILES string of the molecule is COC1=CC(=O)c2onc(-c3c(C)cc(C)cc3C)c2C1=O. The molecule has 0 N–H and O–H groups in total. The second-order valence-electron chi connectivity index (χ2n) is 5.42. The minimum Gasteiger partial charge on any atom is -0.492 e. The molecule has 1 aromatic heterocycles. The van der Waals surface area contributed by atoms with Gasteiger partial charge in [0.1, 0.15) is 11.3 Å². The second-order valence-corrected chi connectivity index (χ2v) is 5.42. The number of nitrogens with zero attached hydrogens (tertiary/aromatic N) is 1. The van der Waals surface area contributed by atoms with Crippen molar-refractivity contribution in [1.29, 1.82) is 0 Å². The molecular weight excluding hydrogens is 282 g/mol. The zero-order valence-corrected chi connectivity index (χ0v) is 12.8. The molecule has 0 spiro atoms. The number of aromatic nitrogens is 1. The summed E-state index contributed by atoms with van der Waals surface area (Å²) in [6.45, 7) is 5.89. The molecule has 0 unspecified atom stereocenters. The van der Waals surface area contributed by atoms with E-state index in [0.717, 1.165) is 28.3 Å². The molecule has 1 aromatic carbocycles. The van der Waals surface area contributed by atoms with Crippen LogP contribution in [0.4, 0.5) is 0 Å². The number of hydrogen-bond donors (Lipinski definition) is 0. The van der Waals surface area contributed by atoms with Crippen LogP contribution in [0.2, 0.25) is 0 Å². The highest BCUT2D eigenvalue weighted by molar-refractivity contribution is 6.24. The number of carbonyl (C=O) groups is 2. The van der Waals surface area contributed by atoms with E-state index in [1.54, 1.807) is 0 Å². The zero-order valence-electron chi connectivity index (χ0n) is 12.8. The third-order valence-corrected chi connectivity index (χ3v) is 3.76. The number of Topliss-reactive ketones (excluding diaryl/α,β-unsaturated/α-hetero) is 1. The lowest BCUT2D eigenvalue weighted by atomic mass is 9.91. The number of allylic oxidation sites excluding steroid dienone is 2. The van der Waals surface area contributed by atoms with E-state index in [2.05, 4.69) is 5.16 Å². The van der Waals surface area contributed by atoms with Crippen molar-refractivity contribution in [2.24, 2.45) is 0 Å². The predicted octanol–water partition coefficient (Wildman–Crippen LogP) is 3.18. The van der Waals surface area contributed by atoms with Crippen LogP contribution in [0.5, 0.6) is 0 Å². The van der Waals surface area contributed by atoms with E-state index in [0.29, 0.717) is 5.69 Å². The summed E-state index contributed by atoms with van der Waals surface area (Å²) in [6.07, 6.45) is 1.13. The summed E-state index contributed by atoms with van der Waals surface area (Å²) in [5.41, 5.74) is 4.46. The van der Waals surface area contributed by atoms with Gasteiger partial charge >= 0.3 is 0 Å². The number of aryl methyl sites for hydroxylation is 3. The fraction of sp³-hybridized carbons (Fsp3) is 0.235. The van der Waals surface area contributed by atoms with E-state index in [1.807, 2.05) is 32.9 Å². The first-order chi connectivity index (χ1) is 10.4. The van der Waals surface area contributed by atoms with Crippen molar-refractivity contribution in [2.45, 2.75) is 20.8 Å². The Balaban J connectivity index is 2.27. The van der Waals surface area contributed by atoms with Crippen LogP contribution in [0.3, 0.4) is 0 Å². The number of benzene rings is 1. The molecule has 0 bridgehead atoms. The standard InChI is InChI=1S/C17H15NO4/c1-8-5-9(2)13(10(3)6-8)15-14-16(20)12(21-4)7-11(19)17(14)22-18-15/h5-7H,1-4H3. The summed E-state index contributed by atoms with van der Waals surface area (Å²) in [4.78, 5) is 24.5. The maximum absolute atomic E-state index is 12.5. The molecule has 0 radical (unpaired) electrons. The first-order valence-electron chi connectivity index (χ1n) is 6.86. The molecule has 5 heteroatoms. The fourth-order valence-electron chi connectivity index (χ4n) is 2.92. The molecule has 1 heterocycles. The third kappa shape index (κ3) is 1.97. The van der Waals surface area contributed by atoms with Crippen LogP contribution in [0.1, 0.15) is 37.6 Å². The van der Waals surface area contributed by atoms with Gasteiger partial charge in [-0.15, -0.1) is 0 Å². The average molecular weight is 297 g/mol. The zero-order chi connectivity index (χ0) is 16.0. The van der Waals surface area contributed by atoms with Crippen LogP contribution in [0.15, 0.2) is 28.5 Å². The molecule has 0 atom stereocenters. The molecule has 1 aliphatic rings. The average Bonchev–Trinajstić information content (AvgIpc) is 2.87. The molecule has 0 saturated heterocycles. The van der Waals surface area contributed by atoms with Gasteiger partial charge < -0.3 is 9.26 Å². The minimum absolute atomic E-state index is 0.00404. The predicted molar refractivity (Wildman–Crippen MR) is 79.9 cm³/mol. The number of methoxy groups -OCH3 is 1. The molecule has 0 fully saturated rings. The first kappa shape index (κ1) is 14.3. The van der Waals surface area contributed by atoms with E-state index in [1.165, 1.54) is 7.11 Å². The van der Waals surface area contributed by atoms with Gasteiger partial charge in [0.25, 0.3) is 0 Å². The van der Waals surface area contributed by atoms with Crippen molar-refractivity contribution < 1.29 is 18.8 Å². The summed E-state index contributed by atoms with van der Waals surface area (Å²) in [7, 11) is 1.36. The third-order valence-electron chi connectivity index (χ3n) is 3.76. The Morgan fingerprint density at radius 3 is 2.27 bits per heavy atom. The Morgan fingerprint density at radius 2 is 1.68 bits per heavy atom. The van der Waals surface area contributed by atoms with Gasteiger partial charge in [0.05, 0.1) is 7.11 Å². The lowest BCUT2D eigenvalue weighted by molar-refractivity contribution is 0.0902. The Bertz CT molecular complexity index is 819. The van der Waals surface area contributed by atoms with Crippen LogP contribution >= 0.6 is 0 Å². The van der Waals surface area contributed by atoms with Gasteiger partial charge in [0.15, 0.2) is 5.76 Å². The van der Waals surface area contributed by atoms with Crippen molar-refractivity contribution in [3.05, 3.63) is 52.0 Å². The monoisotopic (exact) mass is 297 g/mol. The topological polar surface area (TPSA) is 69.4 Å². The summed E-state index contributed by atoms with van der Waals surface area (Å²) in [5, 5.41) is 3.98. The van der Waals surface area contributed by atoms with Crippen LogP contribution < -0.4 is 0 Å². The second kappa shape index (κ2) is 4.94. The smallest absolute Gasteiger partial charge is 0.234 e. The quantitative estimate of drug-likeness (QED) is 0.851. The normalized spacial score (nSPS) is 13.9. The highest BCUT2D eigenvalue weighted by Gasteiger charge is 2.35. The van der Waals surface area contributed by atoms with Crippen LogP contribution in [0, 0.1) is 20.8 Å². The van der Waals surface area contributed by atoms with Crippen molar-refractivity contribution in [1.82, 2.24) is 5.16 Å². The van der Waals surface area contributed by atoms with Crippen molar-refractivity contribution in [3.8, 4) is 11.3 Å². The molecule has 3 rings (SSSR count). The number of hydrogen-bond acceptors (Lipinski definition) is 5. The van der Waals surface area contributed by atoms with Crippen molar-refractivity contribution in [2.75, 3.05) is 7.11 Å². The maximum atomic E-state index is 12.5. The van der Waals surface area contributed by atoms with Crippen LogP contribution in [-0.2, 0) is 4.74 Å². The van der Waals surface area contributed by atoms with Gasteiger partial charge in [0.2, 0.25) is 17.3 Å². The summed E-state index contributed by atoms with van der Waals surface area (Å²) in [5.74, 6) is -0.815. The van der Waals surface area contributed by atoms with E-state index >= 15 is 0 Å². The summed E-state index contributed by atoms with van der Waals surface area (Å²) in [6, 6.07) is 4.01. The number of carbonyl (C=O) groups excluding carboxylic acids is 2. The van der Waals surface area contributed by atoms with Gasteiger partial charge in [-0.1, -0.05) is 22.9 Å².